The zero-order valence-electron chi connectivity index (χ0n) is 15.3. The van der Waals surface area contributed by atoms with Gasteiger partial charge in [0.1, 0.15) is 18.8 Å². The van der Waals surface area contributed by atoms with E-state index in [-0.39, 0.29) is 12.5 Å². The van der Waals surface area contributed by atoms with Crippen LogP contribution in [0.25, 0.3) is 5.69 Å². The SMILES string of the molecule is C[C@]1(O)CC2(CCN(C(=O)c3ccccc3-n3cncn3)CC2)OC[C@@H]1O. The summed E-state index contributed by atoms with van der Waals surface area (Å²) in [5, 5.41) is 24.5. The molecule has 0 bridgehead atoms. The van der Waals surface area contributed by atoms with Gasteiger partial charge in [0.05, 0.1) is 29.1 Å². The number of aliphatic hydroxyl groups is 2. The fourth-order valence-electron chi connectivity index (χ4n) is 4.05. The normalized spacial score (nSPS) is 27.7. The zero-order valence-corrected chi connectivity index (χ0v) is 15.3. The topological polar surface area (TPSA) is 101 Å². The van der Waals surface area contributed by atoms with E-state index in [1.807, 2.05) is 23.1 Å². The van der Waals surface area contributed by atoms with Gasteiger partial charge in [0.2, 0.25) is 0 Å². The maximum Gasteiger partial charge on any atom is 0.256 e. The average molecular weight is 372 g/mol. The number of carbonyl (C=O) groups is 1. The summed E-state index contributed by atoms with van der Waals surface area (Å²) in [5.74, 6) is -0.0569. The molecule has 1 aromatic heterocycles. The lowest BCUT2D eigenvalue weighted by Crippen LogP contribution is -2.59. The van der Waals surface area contributed by atoms with Gasteiger partial charge in [-0.05, 0) is 31.9 Å². The van der Waals surface area contributed by atoms with Gasteiger partial charge in [-0.25, -0.2) is 9.67 Å². The first kappa shape index (κ1) is 18.1. The van der Waals surface area contributed by atoms with Crippen molar-refractivity contribution in [1.82, 2.24) is 19.7 Å². The molecule has 2 N–H and O–H groups in total. The van der Waals surface area contributed by atoms with Crippen molar-refractivity contribution in [2.45, 2.75) is 43.5 Å². The van der Waals surface area contributed by atoms with Gasteiger partial charge in [-0.1, -0.05) is 12.1 Å². The summed E-state index contributed by atoms with van der Waals surface area (Å²) < 4.78 is 7.49. The van der Waals surface area contributed by atoms with Crippen LogP contribution >= 0.6 is 0 Å². The van der Waals surface area contributed by atoms with E-state index in [0.717, 1.165) is 0 Å². The number of piperidine rings is 1. The Hall–Kier alpha value is -2.29. The molecule has 27 heavy (non-hydrogen) atoms. The zero-order chi connectivity index (χ0) is 19.1. The number of aromatic nitrogens is 3. The van der Waals surface area contributed by atoms with Crippen molar-refractivity contribution >= 4 is 5.91 Å². The molecule has 8 nitrogen and oxygen atoms in total. The number of aliphatic hydroxyl groups excluding tert-OH is 1. The maximum atomic E-state index is 13.1. The molecule has 3 heterocycles. The Balaban J connectivity index is 1.49. The summed E-state index contributed by atoms with van der Waals surface area (Å²) in [7, 11) is 0. The molecule has 2 fully saturated rings. The Kier molecular flexibility index (Phi) is 4.49. The second-order valence-electron chi connectivity index (χ2n) is 7.69. The number of nitrogens with zero attached hydrogens (tertiary/aromatic N) is 4. The molecule has 2 aliphatic heterocycles. The van der Waals surface area contributed by atoms with Crippen LogP contribution < -0.4 is 0 Å². The average Bonchev–Trinajstić information content (AvgIpc) is 3.20. The van der Waals surface area contributed by atoms with Crippen LogP contribution in [0.5, 0.6) is 0 Å². The minimum absolute atomic E-state index is 0.0569. The Morgan fingerprint density at radius 1 is 1.30 bits per heavy atom. The quantitative estimate of drug-likeness (QED) is 0.808. The van der Waals surface area contributed by atoms with Crippen LogP contribution in [0.3, 0.4) is 0 Å². The molecule has 4 rings (SSSR count). The van der Waals surface area contributed by atoms with Crippen LogP contribution in [-0.4, -0.2) is 72.8 Å². The second-order valence-corrected chi connectivity index (χ2v) is 7.69. The number of para-hydroxylation sites is 1. The number of carbonyl (C=O) groups excluding carboxylic acids is 1. The van der Waals surface area contributed by atoms with Crippen LogP contribution in [0.4, 0.5) is 0 Å². The molecular weight excluding hydrogens is 348 g/mol. The summed E-state index contributed by atoms with van der Waals surface area (Å²) in [5.41, 5.74) is -0.374. The number of amides is 1. The molecule has 1 aromatic carbocycles. The van der Waals surface area contributed by atoms with E-state index >= 15 is 0 Å². The maximum absolute atomic E-state index is 13.1. The molecule has 1 amide bonds. The molecule has 0 aliphatic carbocycles. The molecule has 0 unspecified atom stereocenters. The third kappa shape index (κ3) is 3.36. The van der Waals surface area contributed by atoms with Crippen LogP contribution in [0.2, 0.25) is 0 Å². The fraction of sp³-hybridized carbons (Fsp3) is 0.526. The molecule has 2 aliphatic rings. The predicted molar refractivity (Wildman–Crippen MR) is 96.4 cm³/mol. The third-order valence-electron chi connectivity index (χ3n) is 5.71. The second kappa shape index (κ2) is 6.70. The Bertz CT molecular complexity index is 813. The van der Waals surface area contributed by atoms with E-state index in [1.165, 1.54) is 6.33 Å². The monoisotopic (exact) mass is 372 g/mol. The highest BCUT2D eigenvalue weighted by Gasteiger charge is 2.49. The van der Waals surface area contributed by atoms with Gasteiger partial charge in [-0.15, -0.1) is 0 Å². The largest absolute Gasteiger partial charge is 0.388 e. The molecule has 0 radical (unpaired) electrons. The first-order valence-electron chi connectivity index (χ1n) is 9.18. The third-order valence-corrected chi connectivity index (χ3v) is 5.71. The number of benzene rings is 1. The molecule has 1 spiro atoms. The predicted octanol–water partition coefficient (Wildman–Crippen LogP) is 0.774. The molecule has 144 valence electrons. The highest BCUT2D eigenvalue weighted by Crippen LogP contribution is 2.39. The fourth-order valence-corrected chi connectivity index (χ4v) is 4.05. The van der Waals surface area contributed by atoms with Crippen molar-refractivity contribution in [2.24, 2.45) is 0 Å². The van der Waals surface area contributed by atoms with E-state index in [9.17, 15) is 15.0 Å². The Morgan fingerprint density at radius 3 is 2.70 bits per heavy atom. The molecular formula is C19H24N4O4. The number of hydrogen-bond donors (Lipinski definition) is 2. The number of ether oxygens (including phenoxy) is 1. The Labute approximate surface area is 157 Å². The van der Waals surface area contributed by atoms with Crippen molar-refractivity contribution in [2.75, 3.05) is 19.7 Å². The lowest BCUT2D eigenvalue weighted by molar-refractivity contribution is -0.221. The first-order valence-corrected chi connectivity index (χ1v) is 9.18. The number of likely N-dealkylation sites (tertiary alicyclic amines) is 1. The number of hydrogen-bond acceptors (Lipinski definition) is 6. The van der Waals surface area contributed by atoms with Crippen molar-refractivity contribution < 1.29 is 19.7 Å². The van der Waals surface area contributed by atoms with Gasteiger partial charge >= 0.3 is 0 Å². The van der Waals surface area contributed by atoms with Crippen LogP contribution in [0.15, 0.2) is 36.9 Å². The lowest BCUT2D eigenvalue weighted by atomic mass is 9.76. The van der Waals surface area contributed by atoms with Gasteiger partial charge in [-0.3, -0.25) is 4.79 Å². The molecule has 0 saturated carbocycles. The summed E-state index contributed by atoms with van der Waals surface area (Å²) in [6.45, 7) is 2.84. The molecule has 2 atom stereocenters. The van der Waals surface area contributed by atoms with E-state index in [0.29, 0.717) is 43.6 Å². The summed E-state index contributed by atoms with van der Waals surface area (Å²) >= 11 is 0. The van der Waals surface area contributed by atoms with Crippen LogP contribution in [0, 0.1) is 0 Å². The summed E-state index contributed by atoms with van der Waals surface area (Å²) in [6, 6.07) is 7.34. The number of rotatable bonds is 2. The van der Waals surface area contributed by atoms with E-state index in [4.69, 9.17) is 4.74 Å². The minimum Gasteiger partial charge on any atom is -0.388 e. The van der Waals surface area contributed by atoms with Crippen molar-refractivity contribution in [3.05, 3.63) is 42.5 Å². The van der Waals surface area contributed by atoms with Crippen molar-refractivity contribution in [3.63, 3.8) is 0 Å². The standard InChI is InChI=1S/C19H24N4O4/c1-18(26)11-19(27-10-16(18)24)6-8-22(9-7-19)17(25)14-4-2-3-5-15(14)23-13-20-12-21-23/h2-5,12-13,16,24,26H,6-11H2,1H3/t16-,18-/m0/s1. The minimum atomic E-state index is -1.16. The van der Waals surface area contributed by atoms with E-state index in [2.05, 4.69) is 10.1 Å². The van der Waals surface area contributed by atoms with Gasteiger partial charge in [0, 0.05) is 19.5 Å². The van der Waals surface area contributed by atoms with E-state index < -0.39 is 17.3 Å². The van der Waals surface area contributed by atoms with Crippen molar-refractivity contribution in [1.29, 1.82) is 0 Å². The first-order chi connectivity index (χ1) is 12.9. The van der Waals surface area contributed by atoms with Crippen LogP contribution in [-0.2, 0) is 4.74 Å². The summed E-state index contributed by atoms with van der Waals surface area (Å²) in [6.07, 6.45) is 3.77. The highest BCUT2D eigenvalue weighted by molar-refractivity contribution is 5.97. The van der Waals surface area contributed by atoms with E-state index in [1.54, 1.807) is 24.0 Å². The smallest absolute Gasteiger partial charge is 0.256 e. The summed E-state index contributed by atoms with van der Waals surface area (Å²) in [4.78, 5) is 18.9. The lowest BCUT2D eigenvalue weighted by Gasteiger charge is -2.49. The Morgan fingerprint density at radius 2 is 2.04 bits per heavy atom. The highest BCUT2D eigenvalue weighted by atomic mass is 16.5. The molecule has 8 heteroatoms. The van der Waals surface area contributed by atoms with Gasteiger partial charge in [-0.2, -0.15) is 5.10 Å². The van der Waals surface area contributed by atoms with Crippen LogP contribution in [0.1, 0.15) is 36.5 Å². The van der Waals surface area contributed by atoms with Crippen molar-refractivity contribution in [3.8, 4) is 5.69 Å². The van der Waals surface area contributed by atoms with Gasteiger partial charge in [0.25, 0.3) is 5.91 Å². The molecule has 2 aromatic rings. The van der Waals surface area contributed by atoms with Gasteiger partial charge in [0.15, 0.2) is 0 Å². The van der Waals surface area contributed by atoms with Gasteiger partial charge < -0.3 is 19.8 Å². The molecule has 2 saturated heterocycles.